The molecule has 0 aliphatic heterocycles. The Morgan fingerprint density at radius 2 is 2.24 bits per heavy atom. The van der Waals surface area contributed by atoms with Crippen molar-refractivity contribution in [2.75, 3.05) is 13.6 Å². The van der Waals surface area contributed by atoms with Crippen LogP contribution >= 0.6 is 11.3 Å². The zero-order valence-corrected chi connectivity index (χ0v) is 11.8. The Labute approximate surface area is 107 Å². The molecule has 0 radical (unpaired) electrons. The minimum absolute atomic E-state index is 0.229. The monoisotopic (exact) mass is 274 g/mol. The molecular weight excluding hydrogens is 256 g/mol. The third-order valence-electron chi connectivity index (χ3n) is 2.89. The molecule has 1 aromatic rings. The van der Waals surface area contributed by atoms with Gasteiger partial charge in [0, 0.05) is 24.0 Å². The summed E-state index contributed by atoms with van der Waals surface area (Å²) in [6, 6.07) is 1.95. The first-order chi connectivity index (χ1) is 8.11. The van der Waals surface area contributed by atoms with Gasteiger partial charge in [0.25, 0.3) is 0 Å². The van der Waals surface area contributed by atoms with Gasteiger partial charge in [0.05, 0.1) is 4.90 Å². The van der Waals surface area contributed by atoms with E-state index >= 15 is 0 Å². The predicted molar refractivity (Wildman–Crippen MR) is 69.7 cm³/mol. The summed E-state index contributed by atoms with van der Waals surface area (Å²) >= 11 is 1.49. The van der Waals surface area contributed by atoms with Gasteiger partial charge in [-0.25, -0.2) is 8.42 Å². The SMILES string of the molecule is CCN(C1CC1)S(=O)(=O)c1ccsc1CNC. The second-order valence-corrected chi connectivity index (χ2v) is 7.04. The summed E-state index contributed by atoms with van der Waals surface area (Å²) in [7, 11) is -1.47. The van der Waals surface area contributed by atoms with Gasteiger partial charge in [0.2, 0.25) is 10.0 Å². The van der Waals surface area contributed by atoms with Crippen molar-refractivity contribution in [2.45, 2.75) is 37.2 Å². The van der Waals surface area contributed by atoms with Gasteiger partial charge in [-0.1, -0.05) is 6.92 Å². The van der Waals surface area contributed by atoms with Crippen molar-refractivity contribution in [1.82, 2.24) is 9.62 Å². The molecule has 6 heteroatoms. The Morgan fingerprint density at radius 3 is 2.76 bits per heavy atom. The predicted octanol–water partition coefficient (Wildman–Crippen LogP) is 1.64. The number of hydrogen-bond donors (Lipinski definition) is 1. The Bertz CT molecular complexity index is 477. The van der Waals surface area contributed by atoms with E-state index in [1.165, 1.54) is 11.3 Å². The van der Waals surface area contributed by atoms with Gasteiger partial charge in [0.1, 0.15) is 0 Å². The molecule has 1 heterocycles. The van der Waals surface area contributed by atoms with Crippen LogP contribution in [0.2, 0.25) is 0 Å². The molecule has 1 saturated carbocycles. The first-order valence-electron chi connectivity index (χ1n) is 5.84. The zero-order valence-electron chi connectivity index (χ0n) is 10.1. The fourth-order valence-electron chi connectivity index (χ4n) is 1.96. The van der Waals surface area contributed by atoms with Crippen LogP contribution in [-0.4, -0.2) is 32.4 Å². The van der Waals surface area contributed by atoms with Gasteiger partial charge in [-0.15, -0.1) is 11.3 Å². The number of nitrogens with one attached hydrogen (secondary N) is 1. The van der Waals surface area contributed by atoms with Gasteiger partial charge >= 0.3 is 0 Å². The van der Waals surface area contributed by atoms with Crippen molar-refractivity contribution >= 4 is 21.4 Å². The van der Waals surface area contributed by atoms with E-state index in [0.717, 1.165) is 17.7 Å². The molecule has 96 valence electrons. The number of thiophene rings is 1. The average Bonchev–Trinajstić information content (AvgIpc) is 2.97. The average molecular weight is 274 g/mol. The van der Waals surface area contributed by atoms with Gasteiger partial charge in [0.15, 0.2) is 0 Å². The summed E-state index contributed by atoms with van der Waals surface area (Å²) < 4.78 is 26.6. The molecular formula is C11H18N2O2S2. The third-order valence-corrected chi connectivity index (χ3v) is 6.06. The molecule has 1 aliphatic carbocycles. The molecule has 0 aromatic carbocycles. The lowest BCUT2D eigenvalue weighted by Gasteiger charge is -2.20. The number of nitrogens with zero attached hydrogens (tertiary/aromatic N) is 1. The molecule has 0 atom stereocenters. The molecule has 0 amide bonds. The van der Waals surface area contributed by atoms with Crippen molar-refractivity contribution in [2.24, 2.45) is 0 Å². The van der Waals surface area contributed by atoms with Crippen molar-refractivity contribution in [3.8, 4) is 0 Å². The smallest absolute Gasteiger partial charge is 0.244 e. The highest BCUT2D eigenvalue weighted by Gasteiger charge is 2.37. The van der Waals surface area contributed by atoms with Crippen LogP contribution < -0.4 is 5.32 Å². The van der Waals surface area contributed by atoms with Crippen LogP contribution in [0.15, 0.2) is 16.3 Å². The number of sulfonamides is 1. The summed E-state index contributed by atoms with van der Waals surface area (Å²) in [5.41, 5.74) is 0. The van der Waals surface area contributed by atoms with Crippen molar-refractivity contribution < 1.29 is 8.42 Å². The molecule has 4 nitrogen and oxygen atoms in total. The highest BCUT2D eigenvalue weighted by molar-refractivity contribution is 7.89. The molecule has 0 saturated heterocycles. The maximum absolute atomic E-state index is 12.5. The lowest BCUT2D eigenvalue weighted by Crippen LogP contribution is -2.33. The van der Waals surface area contributed by atoms with E-state index in [-0.39, 0.29) is 6.04 Å². The van der Waals surface area contributed by atoms with E-state index in [4.69, 9.17) is 0 Å². The number of rotatable bonds is 6. The highest BCUT2D eigenvalue weighted by Crippen LogP contribution is 2.33. The molecule has 2 rings (SSSR count). The minimum atomic E-state index is -3.29. The van der Waals surface area contributed by atoms with Crippen LogP contribution in [0.3, 0.4) is 0 Å². The fourth-order valence-corrected chi connectivity index (χ4v) is 5.08. The molecule has 1 fully saturated rings. The molecule has 1 N–H and O–H groups in total. The standard InChI is InChI=1S/C11H18N2O2S2/c1-3-13(9-4-5-9)17(14,15)11-6-7-16-10(11)8-12-2/h6-7,9,12H,3-5,8H2,1-2H3. The van der Waals surface area contributed by atoms with Gasteiger partial charge in [-0.3, -0.25) is 0 Å². The molecule has 0 unspecified atom stereocenters. The molecule has 1 aliphatic rings. The zero-order chi connectivity index (χ0) is 12.5. The topological polar surface area (TPSA) is 49.4 Å². The quantitative estimate of drug-likeness (QED) is 0.858. The summed E-state index contributed by atoms with van der Waals surface area (Å²) in [6.45, 7) is 3.07. The van der Waals surface area contributed by atoms with Crippen molar-refractivity contribution in [3.05, 3.63) is 16.3 Å². The normalized spacial score (nSPS) is 16.6. The molecule has 0 spiro atoms. The molecule has 17 heavy (non-hydrogen) atoms. The Kier molecular flexibility index (Phi) is 3.87. The van der Waals surface area contributed by atoms with E-state index in [9.17, 15) is 8.42 Å². The van der Waals surface area contributed by atoms with Gasteiger partial charge in [-0.2, -0.15) is 4.31 Å². The second-order valence-electron chi connectivity index (χ2n) is 4.18. The Hall–Kier alpha value is -0.430. The molecule has 0 bridgehead atoms. The Balaban J connectivity index is 2.32. The maximum atomic E-state index is 12.5. The number of hydrogen-bond acceptors (Lipinski definition) is 4. The molecule has 1 aromatic heterocycles. The van der Waals surface area contributed by atoms with Gasteiger partial charge in [-0.05, 0) is 31.3 Å². The van der Waals surface area contributed by atoms with E-state index in [2.05, 4.69) is 5.32 Å². The van der Waals surface area contributed by atoms with E-state index in [1.807, 2.05) is 19.4 Å². The van der Waals surface area contributed by atoms with E-state index in [1.54, 1.807) is 10.4 Å². The highest BCUT2D eigenvalue weighted by atomic mass is 32.2. The fraction of sp³-hybridized carbons (Fsp3) is 0.636. The Morgan fingerprint density at radius 1 is 1.53 bits per heavy atom. The van der Waals surface area contributed by atoms with Crippen LogP contribution in [0.5, 0.6) is 0 Å². The maximum Gasteiger partial charge on any atom is 0.244 e. The van der Waals surface area contributed by atoms with Crippen LogP contribution in [0.1, 0.15) is 24.6 Å². The minimum Gasteiger partial charge on any atom is -0.315 e. The van der Waals surface area contributed by atoms with E-state index in [0.29, 0.717) is 18.0 Å². The summed E-state index contributed by atoms with van der Waals surface area (Å²) in [5, 5.41) is 4.86. The first kappa shape index (κ1) is 13.0. The first-order valence-corrected chi connectivity index (χ1v) is 8.16. The van der Waals surface area contributed by atoms with Crippen LogP contribution in [0.25, 0.3) is 0 Å². The van der Waals surface area contributed by atoms with Crippen LogP contribution in [0, 0.1) is 0 Å². The van der Waals surface area contributed by atoms with Crippen molar-refractivity contribution in [3.63, 3.8) is 0 Å². The third kappa shape index (κ3) is 2.54. The summed E-state index contributed by atoms with van der Waals surface area (Å²) in [4.78, 5) is 1.37. The summed E-state index contributed by atoms with van der Waals surface area (Å²) in [6.07, 6.45) is 2.00. The summed E-state index contributed by atoms with van der Waals surface area (Å²) in [5.74, 6) is 0. The van der Waals surface area contributed by atoms with Gasteiger partial charge < -0.3 is 5.32 Å². The van der Waals surface area contributed by atoms with E-state index < -0.39 is 10.0 Å². The lowest BCUT2D eigenvalue weighted by atomic mass is 10.5. The van der Waals surface area contributed by atoms with Crippen molar-refractivity contribution in [1.29, 1.82) is 0 Å². The second kappa shape index (κ2) is 5.06. The van der Waals surface area contributed by atoms with Crippen LogP contribution in [-0.2, 0) is 16.6 Å². The largest absolute Gasteiger partial charge is 0.315 e. The lowest BCUT2D eigenvalue weighted by molar-refractivity contribution is 0.420. The van der Waals surface area contributed by atoms with Crippen LogP contribution in [0.4, 0.5) is 0 Å².